The lowest BCUT2D eigenvalue weighted by atomic mass is 10.1. The Bertz CT molecular complexity index is 491. The van der Waals surface area contributed by atoms with Crippen LogP contribution in [-0.4, -0.2) is 6.54 Å². The third kappa shape index (κ3) is 2.05. The molecule has 0 bridgehead atoms. The monoisotopic (exact) mass is 261 g/mol. The van der Waals surface area contributed by atoms with E-state index in [4.69, 9.17) is 0 Å². The molecule has 0 heterocycles. The van der Waals surface area contributed by atoms with Crippen molar-refractivity contribution in [3.8, 4) is 0 Å². The van der Waals surface area contributed by atoms with Crippen molar-refractivity contribution in [2.45, 2.75) is 0 Å². The number of nitrogens with one attached hydrogen (secondary N) is 1. The molecule has 0 radical (unpaired) electrons. The molecule has 0 saturated carbocycles. The highest BCUT2D eigenvalue weighted by molar-refractivity contribution is 9.10. The van der Waals surface area contributed by atoms with Gasteiger partial charge in [0.15, 0.2) is 0 Å². The van der Waals surface area contributed by atoms with Gasteiger partial charge in [-0.1, -0.05) is 46.3 Å². The lowest BCUT2D eigenvalue weighted by Crippen LogP contribution is -1.98. The molecular formula is C13H12BrN. The molecule has 2 aromatic carbocycles. The summed E-state index contributed by atoms with van der Waals surface area (Å²) in [6.07, 6.45) is 1.86. The minimum atomic E-state index is 0.783. The highest BCUT2D eigenvalue weighted by Crippen LogP contribution is 2.29. The van der Waals surface area contributed by atoms with Crippen molar-refractivity contribution < 1.29 is 0 Å². The van der Waals surface area contributed by atoms with Gasteiger partial charge in [-0.3, -0.25) is 0 Å². The van der Waals surface area contributed by atoms with Gasteiger partial charge in [-0.2, -0.15) is 0 Å². The molecule has 2 heteroatoms. The van der Waals surface area contributed by atoms with E-state index in [1.807, 2.05) is 18.2 Å². The molecule has 0 saturated heterocycles. The van der Waals surface area contributed by atoms with Gasteiger partial charge in [0.1, 0.15) is 0 Å². The first-order chi connectivity index (χ1) is 7.33. The molecule has 0 aromatic heterocycles. The van der Waals surface area contributed by atoms with Crippen molar-refractivity contribution in [3.63, 3.8) is 0 Å². The quantitative estimate of drug-likeness (QED) is 0.817. The zero-order valence-electron chi connectivity index (χ0n) is 8.33. The minimum Gasteiger partial charge on any atom is -0.381 e. The van der Waals surface area contributed by atoms with Crippen LogP contribution in [0.15, 0.2) is 53.5 Å². The minimum absolute atomic E-state index is 0.783. The zero-order valence-corrected chi connectivity index (χ0v) is 9.92. The Morgan fingerprint density at radius 3 is 2.60 bits per heavy atom. The Kier molecular flexibility index (Phi) is 3.07. The first kappa shape index (κ1) is 10.2. The Balaban J connectivity index is 2.56. The third-order valence-corrected chi connectivity index (χ3v) is 3.00. The van der Waals surface area contributed by atoms with E-state index >= 15 is 0 Å². The molecule has 1 N–H and O–H groups in total. The predicted octanol–water partition coefficient (Wildman–Crippen LogP) is 4.20. The van der Waals surface area contributed by atoms with Crippen molar-refractivity contribution in [2.75, 3.05) is 11.9 Å². The second-order valence-corrected chi connectivity index (χ2v) is 4.16. The fourth-order valence-electron chi connectivity index (χ4n) is 1.60. The van der Waals surface area contributed by atoms with E-state index in [9.17, 15) is 0 Å². The maximum absolute atomic E-state index is 3.70. The van der Waals surface area contributed by atoms with Crippen molar-refractivity contribution in [3.05, 3.63) is 53.5 Å². The molecule has 0 spiro atoms. The molecule has 0 amide bonds. The maximum Gasteiger partial charge on any atom is 0.0423 e. The predicted molar refractivity (Wildman–Crippen MR) is 70.3 cm³/mol. The summed E-state index contributed by atoms with van der Waals surface area (Å²) in [4.78, 5) is 0. The van der Waals surface area contributed by atoms with Crippen LogP contribution in [0.5, 0.6) is 0 Å². The second kappa shape index (κ2) is 4.49. The molecule has 76 valence electrons. The van der Waals surface area contributed by atoms with Crippen LogP contribution in [-0.2, 0) is 0 Å². The topological polar surface area (TPSA) is 12.0 Å². The summed E-state index contributed by atoms with van der Waals surface area (Å²) >= 11 is 3.55. The number of halogens is 1. The summed E-state index contributed by atoms with van der Waals surface area (Å²) in [5.41, 5.74) is 1.15. The SMILES string of the molecule is C=CCNc1ccc(Br)c2ccccc12. The average molecular weight is 262 g/mol. The standard InChI is InChI=1S/C13H12BrN/c1-2-9-15-13-8-7-12(14)10-5-3-4-6-11(10)13/h2-8,15H,1,9H2. The number of benzene rings is 2. The van der Waals surface area contributed by atoms with Gasteiger partial charge in [0.2, 0.25) is 0 Å². The van der Waals surface area contributed by atoms with Gasteiger partial charge in [0.05, 0.1) is 0 Å². The molecule has 0 aliphatic rings. The van der Waals surface area contributed by atoms with E-state index in [0.29, 0.717) is 0 Å². The van der Waals surface area contributed by atoms with E-state index in [2.05, 4.69) is 52.1 Å². The molecule has 0 aliphatic heterocycles. The molecule has 0 unspecified atom stereocenters. The summed E-state index contributed by atoms with van der Waals surface area (Å²) in [5.74, 6) is 0. The smallest absolute Gasteiger partial charge is 0.0423 e. The van der Waals surface area contributed by atoms with E-state index in [1.165, 1.54) is 10.8 Å². The first-order valence-electron chi connectivity index (χ1n) is 4.85. The van der Waals surface area contributed by atoms with Gasteiger partial charge >= 0.3 is 0 Å². The molecule has 0 aliphatic carbocycles. The zero-order chi connectivity index (χ0) is 10.7. The summed E-state index contributed by atoms with van der Waals surface area (Å²) in [5, 5.41) is 5.78. The fraction of sp³-hybridized carbons (Fsp3) is 0.0769. The number of rotatable bonds is 3. The van der Waals surface area contributed by atoms with Crippen LogP contribution in [0.1, 0.15) is 0 Å². The summed E-state index contributed by atoms with van der Waals surface area (Å²) in [6, 6.07) is 12.5. The van der Waals surface area contributed by atoms with Crippen LogP contribution in [0.3, 0.4) is 0 Å². The van der Waals surface area contributed by atoms with Crippen molar-refractivity contribution >= 4 is 32.4 Å². The Morgan fingerprint density at radius 1 is 1.13 bits per heavy atom. The largest absolute Gasteiger partial charge is 0.381 e. The Hall–Kier alpha value is -1.28. The summed E-state index contributed by atoms with van der Waals surface area (Å²) < 4.78 is 1.13. The molecule has 0 atom stereocenters. The fourth-order valence-corrected chi connectivity index (χ4v) is 2.08. The number of hydrogen-bond acceptors (Lipinski definition) is 1. The Labute approximate surface area is 97.9 Å². The molecule has 0 fully saturated rings. The molecule has 1 nitrogen and oxygen atoms in total. The number of anilines is 1. The van der Waals surface area contributed by atoms with Gasteiger partial charge in [0.25, 0.3) is 0 Å². The van der Waals surface area contributed by atoms with Gasteiger partial charge in [-0.25, -0.2) is 0 Å². The highest BCUT2D eigenvalue weighted by atomic mass is 79.9. The van der Waals surface area contributed by atoms with E-state index in [1.54, 1.807) is 0 Å². The lowest BCUT2D eigenvalue weighted by Gasteiger charge is -2.09. The first-order valence-corrected chi connectivity index (χ1v) is 5.64. The van der Waals surface area contributed by atoms with E-state index in [-0.39, 0.29) is 0 Å². The molecule has 2 aromatic rings. The van der Waals surface area contributed by atoms with Gasteiger partial charge < -0.3 is 5.32 Å². The van der Waals surface area contributed by atoms with Crippen LogP contribution in [0.4, 0.5) is 5.69 Å². The third-order valence-electron chi connectivity index (χ3n) is 2.31. The van der Waals surface area contributed by atoms with Crippen LogP contribution >= 0.6 is 15.9 Å². The van der Waals surface area contributed by atoms with Crippen LogP contribution in [0.25, 0.3) is 10.8 Å². The second-order valence-electron chi connectivity index (χ2n) is 3.31. The van der Waals surface area contributed by atoms with Crippen LogP contribution in [0.2, 0.25) is 0 Å². The van der Waals surface area contributed by atoms with E-state index in [0.717, 1.165) is 16.7 Å². The van der Waals surface area contributed by atoms with Crippen LogP contribution in [0, 0.1) is 0 Å². The lowest BCUT2D eigenvalue weighted by molar-refractivity contribution is 1.35. The normalized spacial score (nSPS) is 10.2. The highest BCUT2D eigenvalue weighted by Gasteiger charge is 2.02. The molecule has 15 heavy (non-hydrogen) atoms. The van der Waals surface area contributed by atoms with Gasteiger partial charge in [-0.05, 0) is 17.5 Å². The van der Waals surface area contributed by atoms with Gasteiger partial charge in [0, 0.05) is 22.1 Å². The van der Waals surface area contributed by atoms with Crippen molar-refractivity contribution in [1.29, 1.82) is 0 Å². The van der Waals surface area contributed by atoms with Crippen molar-refractivity contribution in [1.82, 2.24) is 0 Å². The number of fused-ring (bicyclic) bond motifs is 1. The number of hydrogen-bond donors (Lipinski definition) is 1. The van der Waals surface area contributed by atoms with E-state index < -0.39 is 0 Å². The Morgan fingerprint density at radius 2 is 1.87 bits per heavy atom. The van der Waals surface area contributed by atoms with Gasteiger partial charge in [-0.15, -0.1) is 6.58 Å². The average Bonchev–Trinajstić information content (AvgIpc) is 2.29. The van der Waals surface area contributed by atoms with Crippen molar-refractivity contribution in [2.24, 2.45) is 0 Å². The molecular weight excluding hydrogens is 250 g/mol. The summed E-state index contributed by atoms with van der Waals surface area (Å²) in [7, 11) is 0. The summed E-state index contributed by atoms with van der Waals surface area (Å²) in [6.45, 7) is 4.48. The maximum atomic E-state index is 3.70. The van der Waals surface area contributed by atoms with Crippen LogP contribution < -0.4 is 5.32 Å². The molecule has 2 rings (SSSR count).